The van der Waals surface area contributed by atoms with E-state index in [2.05, 4.69) is 42.9 Å². The Morgan fingerprint density at radius 2 is 1.85 bits per heavy atom. The molecular weight excluding hydrogens is 508 g/mol. The first-order valence-corrected chi connectivity index (χ1v) is 13.2. The number of hydrogen-bond acceptors (Lipinski definition) is 8. The Morgan fingerprint density at radius 3 is 2.55 bits per heavy atom. The molecular formula is C29H36N8O3. The molecule has 0 radical (unpaired) electrons. The fourth-order valence-corrected chi connectivity index (χ4v) is 4.22. The summed E-state index contributed by atoms with van der Waals surface area (Å²) in [6.45, 7) is 7.81. The van der Waals surface area contributed by atoms with Crippen LogP contribution >= 0.6 is 0 Å². The van der Waals surface area contributed by atoms with E-state index in [1.807, 2.05) is 56.8 Å². The van der Waals surface area contributed by atoms with E-state index in [-0.39, 0.29) is 17.4 Å². The summed E-state index contributed by atoms with van der Waals surface area (Å²) >= 11 is 0. The first kappa shape index (κ1) is 28.6. The number of aromatic nitrogens is 3. The van der Waals surface area contributed by atoms with Gasteiger partial charge in [0.1, 0.15) is 5.76 Å². The van der Waals surface area contributed by atoms with Crippen molar-refractivity contribution in [3.05, 3.63) is 59.6 Å². The zero-order chi connectivity index (χ0) is 28.7. The van der Waals surface area contributed by atoms with Crippen molar-refractivity contribution in [1.82, 2.24) is 24.9 Å². The second kappa shape index (κ2) is 12.6. The maximum Gasteiger partial charge on any atom is 0.324 e. The Balaban J connectivity index is 1.29. The standard InChI is InChI=1S/C29H36N8O3/c1-29(2,3)24-15-25(35-40-24)34-28(39)33-22-9-6-8-20(14-22)11-12-21-16-30-27(31-17-21)32-18-23-10-7-13-37(23)26(38)19-36(4)5/h6,8-9,14-17,23H,7,10,13,18-19H2,1-5H3,(H,30,31,32)(H2,33,34,35,39). The second-order valence-electron chi connectivity index (χ2n) is 11.0. The average molecular weight is 545 g/mol. The Labute approximate surface area is 234 Å². The number of amides is 3. The quantitative estimate of drug-likeness (QED) is 0.384. The van der Waals surface area contributed by atoms with Crippen molar-refractivity contribution in [1.29, 1.82) is 0 Å². The van der Waals surface area contributed by atoms with Crippen LogP contribution in [0.25, 0.3) is 0 Å². The van der Waals surface area contributed by atoms with E-state index < -0.39 is 6.03 Å². The minimum absolute atomic E-state index is 0.135. The highest BCUT2D eigenvalue weighted by atomic mass is 16.5. The first-order chi connectivity index (χ1) is 19.1. The van der Waals surface area contributed by atoms with Gasteiger partial charge < -0.3 is 25.0 Å². The van der Waals surface area contributed by atoms with Gasteiger partial charge in [-0.25, -0.2) is 14.8 Å². The number of likely N-dealkylation sites (N-methyl/N-ethyl adjacent to an activating group) is 1. The molecule has 210 valence electrons. The molecule has 1 aliphatic rings. The molecule has 1 aliphatic heterocycles. The van der Waals surface area contributed by atoms with Gasteiger partial charge in [0.05, 0.1) is 12.1 Å². The third-order valence-corrected chi connectivity index (χ3v) is 6.26. The molecule has 11 nitrogen and oxygen atoms in total. The molecule has 3 amide bonds. The number of carbonyl (C=O) groups excluding carboxylic acids is 2. The molecule has 0 spiro atoms. The molecule has 40 heavy (non-hydrogen) atoms. The Kier molecular flexibility index (Phi) is 9.01. The number of rotatable bonds is 7. The largest absolute Gasteiger partial charge is 0.359 e. The Hall–Kier alpha value is -4.43. The van der Waals surface area contributed by atoms with Crippen molar-refractivity contribution >= 4 is 29.4 Å². The Morgan fingerprint density at radius 1 is 1.10 bits per heavy atom. The van der Waals surface area contributed by atoms with Gasteiger partial charge in [0.2, 0.25) is 11.9 Å². The lowest BCUT2D eigenvalue weighted by Gasteiger charge is -2.26. The van der Waals surface area contributed by atoms with Gasteiger partial charge in [-0.05, 0) is 45.1 Å². The van der Waals surface area contributed by atoms with Crippen LogP contribution in [0.2, 0.25) is 0 Å². The summed E-state index contributed by atoms with van der Waals surface area (Å²) in [4.78, 5) is 37.4. The number of likely N-dealkylation sites (tertiary alicyclic amines) is 1. The molecule has 2 aromatic heterocycles. The van der Waals surface area contributed by atoms with E-state index >= 15 is 0 Å². The van der Waals surface area contributed by atoms with Crippen molar-refractivity contribution in [2.24, 2.45) is 0 Å². The molecule has 1 fully saturated rings. The van der Waals surface area contributed by atoms with Crippen LogP contribution in [0.15, 0.2) is 47.2 Å². The van der Waals surface area contributed by atoms with Crippen LogP contribution in [0, 0.1) is 11.8 Å². The van der Waals surface area contributed by atoms with Crippen molar-refractivity contribution in [3.8, 4) is 11.8 Å². The molecule has 11 heteroatoms. The average Bonchev–Trinajstić information content (AvgIpc) is 3.56. The van der Waals surface area contributed by atoms with Gasteiger partial charge in [0, 0.05) is 54.3 Å². The fraction of sp³-hybridized carbons (Fsp3) is 0.414. The van der Waals surface area contributed by atoms with Crippen LogP contribution in [-0.4, -0.2) is 76.6 Å². The second-order valence-corrected chi connectivity index (χ2v) is 11.0. The fourth-order valence-electron chi connectivity index (χ4n) is 4.22. The van der Waals surface area contributed by atoms with Crippen LogP contribution < -0.4 is 16.0 Å². The normalized spacial score (nSPS) is 14.9. The van der Waals surface area contributed by atoms with Crippen LogP contribution in [0.5, 0.6) is 0 Å². The summed E-state index contributed by atoms with van der Waals surface area (Å²) in [5.74, 6) is 7.79. The first-order valence-electron chi connectivity index (χ1n) is 13.2. The van der Waals surface area contributed by atoms with E-state index in [1.165, 1.54) is 0 Å². The highest BCUT2D eigenvalue weighted by Crippen LogP contribution is 2.24. The predicted molar refractivity (Wildman–Crippen MR) is 154 cm³/mol. The van der Waals surface area contributed by atoms with Gasteiger partial charge >= 0.3 is 6.03 Å². The van der Waals surface area contributed by atoms with Crippen LogP contribution in [0.3, 0.4) is 0 Å². The van der Waals surface area contributed by atoms with Crippen molar-refractivity contribution in [2.45, 2.75) is 45.1 Å². The zero-order valence-electron chi connectivity index (χ0n) is 23.6. The molecule has 3 aromatic rings. The van der Waals surface area contributed by atoms with E-state index in [0.29, 0.717) is 41.9 Å². The summed E-state index contributed by atoms with van der Waals surface area (Å²) in [6, 6.07) is 8.63. The third kappa shape index (κ3) is 8.04. The molecule has 0 saturated carbocycles. The molecule has 1 saturated heterocycles. The minimum atomic E-state index is -0.432. The van der Waals surface area contributed by atoms with Crippen LogP contribution in [0.4, 0.5) is 22.2 Å². The number of benzene rings is 1. The van der Waals surface area contributed by atoms with Gasteiger partial charge in [-0.1, -0.05) is 43.8 Å². The van der Waals surface area contributed by atoms with Crippen molar-refractivity contribution < 1.29 is 14.1 Å². The number of anilines is 3. The van der Waals surface area contributed by atoms with E-state index in [4.69, 9.17) is 4.52 Å². The summed E-state index contributed by atoms with van der Waals surface area (Å²) in [6.07, 6.45) is 5.28. The lowest BCUT2D eigenvalue weighted by molar-refractivity contribution is -0.132. The number of nitrogens with one attached hydrogen (secondary N) is 3. The number of nitrogens with zero attached hydrogens (tertiary/aromatic N) is 5. The minimum Gasteiger partial charge on any atom is -0.359 e. The van der Waals surface area contributed by atoms with Gasteiger partial charge in [0.25, 0.3) is 0 Å². The molecule has 1 unspecified atom stereocenters. The molecule has 1 aromatic carbocycles. The van der Waals surface area contributed by atoms with Crippen LogP contribution in [0.1, 0.15) is 50.5 Å². The van der Waals surface area contributed by atoms with E-state index in [0.717, 1.165) is 24.9 Å². The van der Waals surface area contributed by atoms with Gasteiger partial charge in [-0.2, -0.15) is 0 Å². The van der Waals surface area contributed by atoms with Gasteiger partial charge in [-0.15, -0.1) is 0 Å². The number of hydrogen-bond donors (Lipinski definition) is 3. The highest BCUT2D eigenvalue weighted by molar-refractivity contribution is 5.99. The number of carbonyl (C=O) groups is 2. The van der Waals surface area contributed by atoms with E-state index in [9.17, 15) is 9.59 Å². The summed E-state index contributed by atoms with van der Waals surface area (Å²) in [7, 11) is 3.80. The van der Waals surface area contributed by atoms with Crippen molar-refractivity contribution in [3.63, 3.8) is 0 Å². The number of urea groups is 1. The lowest BCUT2D eigenvalue weighted by Crippen LogP contribution is -2.43. The van der Waals surface area contributed by atoms with Crippen LogP contribution in [-0.2, 0) is 10.2 Å². The molecule has 3 heterocycles. The maximum atomic E-state index is 12.5. The van der Waals surface area contributed by atoms with Gasteiger partial charge in [0.15, 0.2) is 5.82 Å². The maximum absolute atomic E-state index is 12.5. The molecule has 0 bridgehead atoms. The molecule has 1 atom stereocenters. The highest BCUT2D eigenvalue weighted by Gasteiger charge is 2.28. The zero-order valence-corrected chi connectivity index (χ0v) is 23.6. The molecule has 4 rings (SSSR count). The SMILES string of the molecule is CN(C)CC(=O)N1CCCC1CNc1ncc(C#Cc2cccc(NC(=O)Nc3cc(C(C)(C)C)on3)c2)cn1. The lowest BCUT2D eigenvalue weighted by atomic mass is 9.93. The smallest absolute Gasteiger partial charge is 0.324 e. The topological polar surface area (TPSA) is 129 Å². The predicted octanol–water partition coefficient (Wildman–Crippen LogP) is 3.77. The molecule has 0 aliphatic carbocycles. The molecule has 3 N–H and O–H groups in total. The monoisotopic (exact) mass is 544 g/mol. The van der Waals surface area contributed by atoms with E-state index in [1.54, 1.807) is 30.6 Å². The summed E-state index contributed by atoms with van der Waals surface area (Å²) in [5.41, 5.74) is 1.76. The van der Waals surface area contributed by atoms with Crippen molar-refractivity contribution in [2.75, 3.05) is 49.7 Å². The third-order valence-electron chi connectivity index (χ3n) is 6.26. The van der Waals surface area contributed by atoms with Gasteiger partial charge in [-0.3, -0.25) is 10.1 Å². The summed E-state index contributed by atoms with van der Waals surface area (Å²) in [5, 5.41) is 12.6. The Bertz CT molecular complexity index is 1380. The summed E-state index contributed by atoms with van der Waals surface area (Å²) < 4.78 is 5.30.